The van der Waals surface area contributed by atoms with Crippen molar-refractivity contribution < 1.29 is 58.2 Å². The van der Waals surface area contributed by atoms with Crippen molar-refractivity contribution in [2.45, 2.75) is 250 Å². The molecule has 444 valence electrons. The lowest BCUT2D eigenvalue weighted by Gasteiger charge is -2.40. The van der Waals surface area contributed by atoms with Gasteiger partial charge in [-0.2, -0.15) is 0 Å². The molecule has 0 spiro atoms. The Morgan fingerprint density at radius 2 is 0.759 bits per heavy atom. The van der Waals surface area contributed by atoms with Gasteiger partial charge in [0.25, 0.3) is 0 Å². The van der Waals surface area contributed by atoms with Crippen molar-refractivity contribution in [1.82, 2.24) is 0 Å². The van der Waals surface area contributed by atoms with Gasteiger partial charge in [-0.1, -0.05) is 199 Å². The predicted molar refractivity (Wildman–Crippen MR) is 321 cm³/mol. The molecule has 6 atom stereocenters. The summed E-state index contributed by atoms with van der Waals surface area (Å²) in [6.07, 6.45) is 62.7. The molecule has 1 aliphatic heterocycles. The van der Waals surface area contributed by atoms with Crippen molar-refractivity contribution in [3.05, 3.63) is 134 Å². The number of aliphatic hydroxyl groups is 2. The molecule has 1 rings (SSSR count). The van der Waals surface area contributed by atoms with Crippen LogP contribution in [0.15, 0.2) is 134 Å². The lowest BCUT2D eigenvalue weighted by atomic mass is 9.98. The smallest absolute Gasteiger partial charge is 0.335 e. The van der Waals surface area contributed by atoms with Gasteiger partial charge in [0.05, 0.1) is 6.61 Å². The van der Waals surface area contributed by atoms with E-state index in [-0.39, 0.29) is 25.9 Å². The minimum Gasteiger partial charge on any atom is -0.479 e. The number of carbonyl (C=O) groups excluding carboxylic acids is 3. The van der Waals surface area contributed by atoms with Crippen LogP contribution in [0.3, 0.4) is 0 Å². The van der Waals surface area contributed by atoms with Crippen LogP contribution in [0.2, 0.25) is 0 Å². The number of ether oxygens (including phenoxy) is 5. The molecule has 1 fully saturated rings. The number of aliphatic carboxylic acids is 1. The zero-order chi connectivity index (χ0) is 57.5. The number of hydrogen-bond acceptors (Lipinski definition) is 11. The number of carbonyl (C=O) groups is 4. The van der Waals surface area contributed by atoms with Crippen molar-refractivity contribution in [2.24, 2.45) is 0 Å². The summed E-state index contributed by atoms with van der Waals surface area (Å²) in [5.74, 6) is -3.24. The highest BCUT2D eigenvalue weighted by atomic mass is 16.7. The molecule has 0 aromatic rings. The second kappa shape index (κ2) is 53.5. The summed E-state index contributed by atoms with van der Waals surface area (Å²) in [5, 5.41) is 31.5. The highest BCUT2D eigenvalue weighted by molar-refractivity contribution is 5.74. The molecule has 12 nitrogen and oxygen atoms in total. The summed E-state index contributed by atoms with van der Waals surface area (Å²) in [4.78, 5) is 51.2. The van der Waals surface area contributed by atoms with Crippen LogP contribution < -0.4 is 0 Å². The van der Waals surface area contributed by atoms with Crippen LogP contribution in [0.25, 0.3) is 0 Å². The predicted octanol–water partition coefficient (Wildman–Crippen LogP) is 15.8. The molecule has 0 saturated carbocycles. The summed E-state index contributed by atoms with van der Waals surface area (Å²) in [5.41, 5.74) is 0. The van der Waals surface area contributed by atoms with Crippen LogP contribution in [0.4, 0.5) is 0 Å². The largest absolute Gasteiger partial charge is 0.479 e. The van der Waals surface area contributed by atoms with Gasteiger partial charge in [0.2, 0.25) is 0 Å². The van der Waals surface area contributed by atoms with Crippen molar-refractivity contribution in [1.29, 1.82) is 0 Å². The lowest BCUT2D eigenvalue weighted by molar-refractivity contribution is -0.301. The molecule has 0 amide bonds. The van der Waals surface area contributed by atoms with Gasteiger partial charge in [0.15, 0.2) is 24.6 Å². The number of esters is 3. The van der Waals surface area contributed by atoms with Crippen LogP contribution in [0.1, 0.15) is 213 Å². The summed E-state index contributed by atoms with van der Waals surface area (Å²) in [7, 11) is 0. The number of hydrogen-bond donors (Lipinski definition) is 3. The first kappa shape index (κ1) is 71.9. The Morgan fingerprint density at radius 3 is 1.16 bits per heavy atom. The minimum absolute atomic E-state index is 0.0347. The molecule has 6 unspecified atom stereocenters. The van der Waals surface area contributed by atoms with E-state index in [9.17, 15) is 34.5 Å². The first-order valence-corrected chi connectivity index (χ1v) is 30.2. The number of unbranched alkanes of at least 4 members (excludes halogenated alkanes) is 13. The number of carboxylic acids is 1. The SMILES string of the molecule is CC/C=C\C/C=C\C/C=C\C/C=C\C/C=C\CCCCCC(=O)OCC(COC1OC(C(=O)O)C(O)C(O)C1OC(=O)CCCCCCCCC/C=C\C/C=C\C/C=C\CC)OC(=O)CCCCC/C=C\C/C=C\C/C=C\CC. The fourth-order valence-electron chi connectivity index (χ4n) is 8.19. The number of carboxylic acid groups (broad SMARTS) is 1. The van der Waals surface area contributed by atoms with Crippen LogP contribution in [-0.4, -0.2) is 89.2 Å². The first-order valence-electron chi connectivity index (χ1n) is 30.2. The van der Waals surface area contributed by atoms with Gasteiger partial charge in [-0.3, -0.25) is 14.4 Å². The monoisotopic (exact) mass is 1100 g/mol. The summed E-state index contributed by atoms with van der Waals surface area (Å²) in [6, 6.07) is 0. The fourth-order valence-corrected chi connectivity index (χ4v) is 8.19. The second-order valence-electron chi connectivity index (χ2n) is 19.8. The average Bonchev–Trinajstić information content (AvgIpc) is 3.47. The zero-order valence-electron chi connectivity index (χ0n) is 48.8. The van der Waals surface area contributed by atoms with Crippen LogP contribution in [0.5, 0.6) is 0 Å². The molecular weight excluding hydrogens is 997 g/mol. The molecule has 1 saturated heterocycles. The highest BCUT2D eigenvalue weighted by Crippen LogP contribution is 2.26. The van der Waals surface area contributed by atoms with E-state index in [0.29, 0.717) is 19.3 Å². The number of rotatable bonds is 49. The molecule has 0 radical (unpaired) electrons. The first-order chi connectivity index (χ1) is 38.6. The maximum atomic E-state index is 13.1. The zero-order valence-corrected chi connectivity index (χ0v) is 48.8. The number of aliphatic hydroxyl groups excluding tert-OH is 2. The molecule has 1 heterocycles. The van der Waals surface area contributed by atoms with Crippen LogP contribution >= 0.6 is 0 Å². The summed E-state index contributed by atoms with van der Waals surface area (Å²) in [6.45, 7) is 5.58. The van der Waals surface area contributed by atoms with E-state index in [2.05, 4.69) is 154 Å². The third kappa shape index (κ3) is 43.4. The van der Waals surface area contributed by atoms with E-state index in [1.54, 1.807) is 0 Å². The van der Waals surface area contributed by atoms with Crippen molar-refractivity contribution in [2.75, 3.05) is 13.2 Å². The van der Waals surface area contributed by atoms with Gasteiger partial charge in [0.1, 0.15) is 18.8 Å². The summed E-state index contributed by atoms with van der Waals surface area (Å²) >= 11 is 0. The minimum atomic E-state index is -1.92. The Kier molecular flexibility index (Phi) is 48.7. The Bertz CT molecular complexity index is 1880. The molecule has 1 aliphatic rings. The standard InChI is InChI=1S/C67H104O12/c1-4-7-10-13-16-19-22-25-27-29-30-32-33-36-38-41-44-47-50-53-59(68)75-56-58(77-60(69)54-51-48-45-42-39-35-24-21-18-15-12-9-6-3)57-76-67-65(63(72)62(71)64(79-67)66(73)74)78-61(70)55-52-49-46-43-40-37-34-31-28-26-23-20-17-14-11-8-5-2/h7-12,16-21,25-28,30,32,35-36,38-39,58,62-65,67,71-72H,4-6,13-15,22-24,29,31,33-34,37,40-57H2,1-3H3,(H,73,74)/b10-7-,11-8-,12-9-,19-16-,20-17-,21-18-,27-25-,28-26-,32-30-,38-36-,39-35-. The van der Waals surface area contributed by atoms with Gasteiger partial charge >= 0.3 is 23.9 Å². The van der Waals surface area contributed by atoms with Gasteiger partial charge in [-0.25, -0.2) is 4.79 Å². The van der Waals surface area contributed by atoms with Crippen molar-refractivity contribution >= 4 is 23.9 Å². The molecule has 79 heavy (non-hydrogen) atoms. The number of allylic oxidation sites excluding steroid dienone is 22. The Hall–Kier alpha value is -5.14. The van der Waals surface area contributed by atoms with Gasteiger partial charge in [-0.15, -0.1) is 0 Å². The highest BCUT2D eigenvalue weighted by Gasteiger charge is 2.50. The van der Waals surface area contributed by atoms with E-state index in [4.69, 9.17) is 23.7 Å². The topological polar surface area (TPSA) is 175 Å². The molecule has 0 aromatic heterocycles. The normalized spacial score (nSPS) is 18.8. The molecule has 0 aliphatic carbocycles. The van der Waals surface area contributed by atoms with E-state index < -0.39 is 67.3 Å². The van der Waals surface area contributed by atoms with Gasteiger partial charge in [0, 0.05) is 19.3 Å². The molecule has 12 heteroatoms. The molecule has 0 aromatic carbocycles. The van der Waals surface area contributed by atoms with Crippen molar-refractivity contribution in [3.8, 4) is 0 Å². The average molecular weight is 1100 g/mol. The van der Waals surface area contributed by atoms with E-state index >= 15 is 0 Å². The Balaban J connectivity index is 2.72. The third-order valence-electron chi connectivity index (χ3n) is 12.7. The summed E-state index contributed by atoms with van der Waals surface area (Å²) < 4.78 is 28.4. The Labute approximate surface area is 477 Å². The van der Waals surface area contributed by atoms with E-state index in [1.807, 2.05) is 0 Å². The third-order valence-corrected chi connectivity index (χ3v) is 12.7. The molecule has 3 N–H and O–H groups in total. The second-order valence-corrected chi connectivity index (χ2v) is 19.8. The Morgan fingerprint density at radius 1 is 0.418 bits per heavy atom. The van der Waals surface area contributed by atoms with Crippen molar-refractivity contribution in [3.63, 3.8) is 0 Å². The molecule has 0 bridgehead atoms. The lowest BCUT2D eigenvalue weighted by Crippen LogP contribution is -2.61. The van der Waals surface area contributed by atoms with Gasteiger partial charge < -0.3 is 39.0 Å². The van der Waals surface area contributed by atoms with E-state index in [0.717, 1.165) is 154 Å². The maximum absolute atomic E-state index is 13.1. The van der Waals surface area contributed by atoms with Crippen LogP contribution in [0, 0.1) is 0 Å². The van der Waals surface area contributed by atoms with Gasteiger partial charge in [-0.05, 0) is 128 Å². The van der Waals surface area contributed by atoms with Crippen LogP contribution in [-0.2, 0) is 42.9 Å². The fraction of sp³-hybridized carbons (Fsp3) is 0.612. The van der Waals surface area contributed by atoms with E-state index in [1.165, 1.54) is 0 Å². The maximum Gasteiger partial charge on any atom is 0.335 e. The molecular formula is C67H104O12. The quantitative estimate of drug-likeness (QED) is 0.0228.